The van der Waals surface area contributed by atoms with Crippen LogP contribution in [0.3, 0.4) is 0 Å². The molecular formula is C10H11Cl+. The fourth-order valence-corrected chi connectivity index (χ4v) is 1.47. The minimum Gasteiger partial charge on any atom is -0.0843 e. The van der Waals surface area contributed by atoms with Crippen LogP contribution >= 0.6 is 11.6 Å². The first-order chi connectivity index (χ1) is 5.36. The van der Waals surface area contributed by atoms with E-state index in [4.69, 9.17) is 11.6 Å². The van der Waals surface area contributed by atoms with Crippen molar-refractivity contribution in [2.24, 2.45) is 0 Å². The highest BCUT2D eigenvalue weighted by atomic mass is 35.5. The molecule has 2 rings (SSSR count). The summed E-state index contributed by atoms with van der Waals surface area (Å²) in [5.41, 5.74) is 1.43. The molecule has 11 heavy (non-hydrogen) atoms. The monoisotopic (exact) mass is 166 g/mol. The van der Waals surface area contributed by atoms with Gasteiger partial charge >= 0.3 is 1.43 Å². The van der Waals surface area contributed by atoms with Crippen molar-refractivity contribution in [3.8, 4) is 0 Å². The van der Waals surface area contributed by atoms with E-state index >= 15 is 0 Å². The predicted molar refractivity (Wildman–Crippen MR) is 48.8 cm³/mol. The Labute approximate surface area is 73.7 Å². The van der Waals surface area contributed by atoms with Crippen LogP contribution in [0.5, 0.6) is 0 Å². The first kappa shape index (κ1) is 7.17. The zero-order valence-corrected chi connectivity index (χ0v) is 7.01. The molecule has 0 bridgehead atoms. The normalized spacial score (nSPS) is 17.9. The largest absolute Gasteiger partial charge is 1.00 e. The summed E-state index contributed by atoms with van der Waals surface area (Å²) in [5.74, 6) is 0.771. The van der Waals surface area contributed by atoms with Crippen LogP contribution in [0.25, 0.3) is 0 Å². The highest BCUT2D eigenvalue weighted by Crippen LogP contribution is 2.35. The van der Waals surface area contributed by atoms with Gasteiger partial charge in [0.25, 0.3) is 0 Å². The summed E-state index contributed by atoms with van der Waals surface area (Å²) < 4.78 is 0. The zero-order valence-electron chi connectivity index (χ0n) is 7.26. The predicted octanol–water partition coefficient (Wildman–Crippen LogP) is 3.53. The summed E-state index contributed by atoms with van der Waals surface area (Å²) in [6.07, 6.45) is 4.79. The Hall–Kier alpha value is -0.490. The van der Waals surface area contributed by atoms with E-state index in [2.05, 4.69) is 18.6 Å². The molecule has 1 fully saturated rings. The van der Waals surface area contributed by atoms with E-state index in [1.807, 2.05) is 12.1 Å². The summed E-state index contributed by atoms with van der Waals surface area (Å²) in [5, 5.41) is 0.831. The average Bonchev–Trinajstić information content (AvgIpc) is 1.90. The van der Waals surface area contributed by atoms with Crippen LogP contribution in [0.4, 0.5) is 0 Å². The Balaban J connectivity index is 0.000000720. The Kier molecular flexibility index (Phi) is 1.87. The maximum absolute atomic E-state index is 5.77. The molecule has 0 aromatic heterocycles. The lowest BCUT2D eigenvalue weighted by atomic mass is 9.80. The van der Waals surface area contributed by atoms with Crippen molar-refractivity contribution < 1.29 is 1.43 Å². The van der Waals surface area contributed by atoms with Crippen LogP contribution in [0.1, 0.15) is 25.7 Å². The molecule has 1 heteroatoms. The second-order valence-corrected chi connectivity index (χ2v) is 3.44. The van der Waals surface area contributed by atoms with Crippen molar-refractivity contribution in [3.63, 3.8) is 0 Å². The molecule has 0 atom stereocenters. The number of halogens is 1. The van der Waals surface area contributed by atoms with Crippen molar-refractivity contribution in [1.29, 1.82) is 0 Å². The molecule has 0 aliphatic heterocycles. The number of benzene rings is 1. The fourth-order valence-electron chi connectivity index (χ4n) is 1.34. The number of hydrogen-bond donors (Lipinski definition) is 0. The molecule has 57 valence electrons. The lowest BCUT2D eigenvalue weighted by Crippen LogP contribution is -2.08. The van der Waals surface area contributed by atoms with Crippen molar-refractivity contribution in [3.05, 3.63) is 41.3 Å². The van der Waals surface area contributed by atoms with E-state index in [0.717, 1.165) is 10.9 Å². The Morgan fingerprint density at radius 2 is 1.82 bits per heavy atom. The van der Waals surface area contributed by atoms with E-state index in [-0.39, 0.29) is 1.43 Å². The molecule has 1 aromatic carbocycles. The Bertz CT molecular complexity index is 239. The molecular weight excluding hydrogens is 156 g/mol. The quantitative estimate of drug-likeness (QED) is 0.599. The smallest absolute Gasteiger partial charge is 0.0843 e. The Morgan fingerprint density at radius 3 is 2.27 bits per heavy atom. The van der Waals surface area contributed by atoms with Gasteiger partial charge in [-0.1, -0.05) is 23.7 Å². The number of rotatable bonds is 1. The molecule has 1 radical (unpaired) electrons. The molecule has 0 nitrogen and oxygen atoms in total. The molecule has 0 saturated heterocycles. The van der Waals surface area contributed by atoms with Crippen LogP contribution in [0, 0.1) is 6.42 Å². The molecule has 0 amide bonds. The second kappa shape index (κ2) is 2.86. The van der Waals surface area contributed by atoms with E-state index < -0.39 is 0 Å². The molecule has 0 spiro atoms. The lowest BCUT2D eigenvalue weighted by Gasteiger charge is -2.25. The van der Waals surface area contributed by atoms with Crippen LogP contribution in [0.15, 0.2) is 24.3 Å². The molecule has 1 aromatic rings. The van der Waals surface area contributed by atoms with Gasteiger partial charge in [-0.2, -0.15) is 0 Å². The highest BCUT2D eigenvalue weighted by Gasteiger charge is 2.18. The first-order valence-corrected chi connectivity index (χ1v) is 4.31. The van der Waals surface area contributed by atoms with Gasteiger partial charge in [-0.25, -0.2) is 0 Å². The minimum atomic E-state index is 0. The third-order valence-electron chi connectivity index (χ3n) is 2.24. The van der Waals surface area contributed by atoms with Crippen LogP contribution in [0.2, 0.25) is 5.02 Å². The third kappa shape index (κ3) is 1.41. The molecule has 1 saturated carbocycles. The summed E-state index contributed by atoms with van der Waals surface area (Å²) in [7, 11) is 0. The molecule has 0 N–H and O–H groups in total. The van der Waals surface area contributed by atoms with E-state index in [0.29, 0.717) is 0 Å². The standard InChI is InChI=1S/C10H10Cl/c11-10-6-4-9(5-7-10)8-2-1-3-8/h1,4-8H,2-3H2/p+1. The Morgan fingerprint density at radius 1 is 1.18 bits per heavy atom. The van der Waals surface area contributed by atoms with Gasteiger partial charge in [-0.15, -0.1) is 0 Å². The first-order valence-electron chi connectivity index (χ1n) is 3.93. The van der Waals surface area contributed by atoms with Crippen molar-refractivity contribution in [2.45, 2.75) is 18.8 Å². The summed E-state index contributed by atoms with van der Waals surface area (Å²) in [6.45, 7) is 0. The third-order valence-corrected chi connectivity index (χ3v) is 2.50. The summed E-state index contributed by atoms with van der Waals surface area (Å²) in [4.78, 5) is 0. The molecule has 1 aliphatic carbocycles. The minimum absolute atomic E-state index is 0. The van der Waals surface area contributed by atoms with Crippen LogP contribution in [-0.2, 0) is 0 Å². The topological polar surface area (TPSA) is 0 Å². The van der Waals surface area contributed by atoms with Gasteiger partial charge in [0.15, 0.2) is 0 Å². The molecule has 0 unspecified atom stereocenters. The molecule has 1 aliphatic rings. The SMILES string of the molecule is Clc1ccc(C2C[CH]C2)cc1.[H+]. The van der Waals surface area contributed by atoms with Gasteiger partial charge in [-0.3, -0.25) is 0 Å². The summed E-state index contributed by atoms with van der Waals surface area (Å²) >= 11 is 5.77. The van der Waals surface area contributed by atoms with Gasteiger partial charge < -0.3 is 0 Å². The van der Waals surface area contributed by atoms with Gasteiger partial charge in [0, 0.05) is 5.02 Å². The van der Waals surface area contributed by atoms with Gasteiger partial charge in [0.2, 0.25) is 0 Å². The van der Waals surface area contributed by atoms with Gasteiger partial charge in [-0.05, 0) is 42.9 Å². The van der Waals surface area contributed by atoms with Gasteiger partial charge in [0.05, 0.1) is 0 Å². The maximum Gasteiger partial charge on any atom is 1.00 e. The van der Waals surface area contributed by atoms with E-state index in [1.165, 1.54) is 18.4 Å². The second-order valence-electron chi connectivity index (χ2n) is 3.01. The van der Waals surface area contributed by atoms with Crippen LogP contribution in [-0.4, -0.2) is 0 Å². The zero-order chi connectivity index (χ0) is 7.68. The van der Waals surface area contributed by atoms with E-state index in [9.17, 15) is 0 Å². The van der Waals surface area contributed by atoms with Crippen molar-refractivity contribution in [1.82, 2.24) is 0 Å². The average molecular weight is 167 g/mol. The van der Waals surface area contributed by atoms with Gasteiger partial charge in [0.1, 0.15) is 0 Å². The van der Waals surface area contributed by atoms with Crippen molar-refractivity contribution >= 4 is 11.6 Å². The van der Waals surface area contributed by atoms with E-state index in [1.54, 1.807) is 0 Å². The van der Waals surface area contributed by atoms with Crippen LogP contribution < -0.4 is 0 Å². The fraction of sp³-hybridized carbons (Fsp3) is 0.300. The number of hydrogen-bond acceptors (Lipinski definition) is 0. The molecule has 0 heterocycles. The maximum atomic E-state index is 5.77. The lowest BCUT2D eigenvalue weighted by molar-refractivity contribution is 0.540. The van der Waals surface area contributed by atoms with Crippen molar-refractivity contribution in [2.75, 3.05) is 0 Å². The highest BCUT2D eigenvalue weighted by molar-refractivity contribution is 6.30. The summed E-state index contributed by atoms with van der Waals surface area (Å²) in [6, 6.07) is 8.18.